The van der Waals surface area contributed by atoms with Crippen LogP contribution in [-0.4, -0.2) is 5.54 Å². The summed E-state index contributed by atoms with van der Waals surface area (Å²) in [6.07, 6.45) is 16.5. The zero-order valence-corrected chi connectivity index (χ0v) is 31.6. The molecule has 1 heterocycles. The van der Waals surface area contributed by atoms with Crippen molar-refractivity contribution in [2.45, 2.75) is 82.6 Å². The molecule has 0 radical (unpaired) electrons. The molecule has 4 aromatic rings. The summed E-state index contributed by atoms with van der Waals surface area (Å²) in [4.78, 5) is 2.62. The van der Waals surface area contributed by atoms with Crippen LogP contribution in [0.2, 0.25) is 5.02 Å². The Labute approximate surface area is 309 Å². The number of para-hydroxylation sites is 1. The van der Waals surface area contributed by atoms with Crippen LogP contribution in [0.3, 0.4) is 0 Å². The summed E-state index contributed by atoms with van der Waals surface area (Å²) in [7, 11) is 0. The second kappa shape index (κ2) is 10.5. The van der Waals surface area contributed by atoms with Crippen LogP contribution in [0, 0.1) is 23.7 Å². The molecule has 0 N–H and O–H groups in total. The van der Waals surface area contributed by atoms with Crippen molar-refractivity contribution in [3.63, 3.8) is 0 Å². The third kappa shape index (κ3) is 3.94. The molecule has 1 aliphatic heterocycles. The average Bonchev–Trinajstić information content (AvgIpc) is 3.39. The topological polar surface area (TPSA) is 3.24 Å². The van der Waals surface area contributed by atoms with Crippen LogP contribution in [0.25, 0.3) is 11.1 Å². The van der Waals surface area contributed by atoms with Gasteiger partial charge in [0.25, 0.3) is 0 Å². The van der Waals surface area contributed by atoms with Gasteiger partial charge in [0.15, 0.2) is 0 Å². The first-order valence-corrected chi connectivity index (χ1v) is 19.6. The SMILES string of the molecule is CC1=CC2(c3ccccc3-c3cc(Cl)c(N4c5ccccc5C5(C)C=CC(C)C6=C5C4(C)C=CC6(C)c4ccccc4)cc32)C2CC(C)CC1C2. The first-order chi connectivity index (χ1) is 24.5. The largest absolute Gasteiger partial charge is 0.327 e. The Bertz CT molecular complexity index is 2270. The van der Waals surface area contributed by atoms with Crippen molar-refractivity contribution in [3.05, 3.63) is 165 Å². The smallest absolute Gasteiger partial charge is 0.0834 e. The number of rotatable bonds is 2. The minimum absolute atomic E-state index is 0.147. The van der Waals surface area contributed by atoms with Crippen LogP contribution in [0.4, 0.5) is 11.4 Å². The molecular formula is C49H48ClN. The molecule has 1 nitrogen and oxygen atoms in total. The van der Waals surface area contributed by atoms with E-state index in [-0.39, 0.29) is 16.2 Å². The first kappa shape index (κ1) is 31.6. The van der Waals surface area contributed by atoms with E-state index < -0.39 is 5.54 Å². The lowest BCUT2D eigenvalue weighted by molar-refractivity contribution is 0.168. The van der Waals surface area contributed by atoms with Crippen molar-refractivity contribution in [3.8, 4) is 11.1 Å². The van der Waals surface area contributed by atoms with E-state index in [4.69, 9.17) is 11.6 Å². The molecule has 1 fully saturated rings. The zero-order valence-electron chi connectivity index (χ0n) is 30.8. The summed E-state index contributed by atoms with van der Waals surface area (Å²) in [5.41, 5.74) is 14.1. The minimum atomic E-state index is -0.439. The van der Waals surface area contributed by atoms with Gasteiger partial charge in [-0.05, 0) is 133 Å². The Kier molecular flexibility index (Phi) is 6.52. The van der Waals surface area contributed by atoms with Gasteiger partial charge in [-0.2, -0.15) is 0 Å². The molecule has 1 spiro atoms. The highest BCUT2D eigenvalue weighted by Crippen LogP contribution is 2.66. The number of hydrogen-bond donors (Lipinski definition) is 0. The van der Waals surface area contributed by atoms with E-state index in [1.165, 1.54) is 69.5 Å². The Hall–Kier alpha value is -4.07. The molecule has 0 aromatic heterocycles. The molecule has 2 heteroatoms. The average molecular weight is 686 g/mol. The fourth-order valence-electron chi connectivity index (χ4n) is 12.3. The number of benzene rings is 4. The minimum Gasteiger partial charge on any atom is -0.327 e. The Morgan fingerprint density at radius 3 is 2.22 bits per heavy atom. The summed E-state index contributed by atoms with van der Waals surface area (Å²) in [5.74, 6) is 2.27. The van der Waals surface area contributed by atoms with Gasteiger partial charge in [-0.3, -0.25) is 0 Å². The second-order valence-corrected chi connectivity index (χ2v) is 17.8. The van der Waals surface area contributed by atoms with E-state index in [1.807, 2.05) is 0 Å². The quantitative estimate of drug-likeness (QED) is 0.190. The summed E-state index contributed by atoms with van der Waals surface area (Å²) in [5, 5.41) is 0.818. The third-order valence-corrected chi connectivity index (χ3v) is 14.7. The molecule has 1 saturated carbocycles. The van der Waals surface area contributed by atoms with Crippen LogP contribution in [0.1, 0.15) is 83.1 Å². The molecule has 8 unspecified atom stereocenters. The van der Waals surface area contributed by atoms with Gasteiger partial charge in [0.2, 0.25) is 0 Å². The van der Waals surface area contributed by atoms with Crippen molar-refractivity contribution >= 4 is 23.0 Å². The van der Waals surface area contributed by atoms with Crippen LogP contribution in [0.15, 0.2) is 138 Å². The third-order valence-electron chi connectivity index (χ3n) is 14.4. The molecule has 10 rings (SSSR count). The summed E-state index contributed by atoms with van der Waals surface area (Å²) in [6, 6.07) is 34.3. The second-order valence-electron chi connectivity index (χ2n) is 17.4. The lowest BCUT2D eigenvalue weighted by Gasteiger charge is -2.60. The number of nitrogens with zero attached hydrogens (tertiary/aromatic N) is 1. The molecule has 2 bridgehead atoms. The van der Waals surface area contributed by atoms with E-state index in [1.54, 1.807) is 5.57 Å². The van der Waals surface area contributed by atoms with Gasteiger partial charge in [0, 0.05) is 21.9 Å². The zero-order chi connectivity index (χ0) is 35.1. The van der Waals surface area contributed by atoms with Crippen LogP contribution >= 0.6 is 11.6 Å². The van der Waals surface area contributed by atoms with Crippen molar-refractivity contribution in [1.82, 2.24) is 0 Å². The highest BCUT2D eigenvalue weighted by atomic mass is 35.5. The Morgan fingerprint density at radius 2 is 1.41 bits per heavy atom. The van der Waals surface area contributed by atoms with E-state index in [0.717, 1.165) is 16.6 Å². The van der Waals surface area contributed by atoms with Gasteiger partial charge in [0.1, 0.15) is 0 Å². The van der Waals surface area contributed by atoms with Crippen molar-refractivity contribution in [1.29, 1.82) is 0 Å². The summed E-state index contributed by atoms with van der Waals surface area (Å²) < 4.78 is 0. The van der Waals surface area contributed by atoms with E-state index >= 15 is 0 Å². The molecule has 0 amide bonds. The molecule has 0 saturated heterocycles. The number of fused-ring (bicyclic) bond motifs is 10. The maximum absolute atomic E-state index is 7.68. The van der Waals surface area contributed by atoms with Gasteiger partial charge >= 0.3 is 0 Å². The van der Waals surface area contributed by atoms with Gasteiger partial charge < -0.3 is 4.90 Å². The fourth-order valence-corrected chi connectivity index (χ4v) is 12.5. The fraction of sp³-hybridized carbons (Fsp3) is 0.347. The maximum atomic E-state index is 7.68. The lowest BCUT2D eigenvalue weighted by Crippen LogP contribution is -2.58. The van der Waals surface area contributed by atoms with Gasteiger partial charge in [-0.25, -0.2) is 0 Å². The van der Waals surface area contributed by atoms with Crippen LogP contribution < -0.4 is 4.90 Å². The van der Waals surface area contributed by atoms with Crippen molar-refractivity contribution in [2.24, 2.45) is 23.7 Å². The number of anilines is 2. The monoisotopic (exact) mass is 685 g/mol. The van der Waals surface area contributed by atoms with Gasteiger partial charge in [-0.1, -0.05) is 134 Å². The predicted molar refractivity (Wildman–Crippen MR) is 214 cm³/mol. The van der Waals surface area contributed by atoms with E-state index in [0.29, 0.717) is 17.8 Å². The molecule has 51 heavy (non-hydrogen) atoms. The molecule has 6 aliphatic rings. The molecule has 8 atom stereocenters. The first-order valence-electron chi connectivity index (χ1n) is 19.2. The predicted octanol–water partition coefficient (Wildman–Crippen LogP) is 12.8. The molecule has 4 aromatic carbocycles. The molecular weight excluding hydrogens is 638 g/mol. The summed E-state index contributed by atoms with van der Waals surface area (Å²) in [6.45, 7) is 14.6. The highest BCUT2D eigenvalue weighted by Gasteiger charge is 2.58. The van der Waals surface area contributed by atoms with Crippen molar-refractivity contribution < 1.29 is 0 Å². The summed E-state index contributed by atoms with van der Waals surface area (Å²) >= 11 is 7.68. The standard InChI is InChI=1S/C49H48ClN/c1-30-24-33-26-35(25-30)49(29-32(33)3)38-17-11-10-16-36(38)37-27-41(50)43(28-40(37)49)51-42-19-13-12-18-39(42)47(5)21-20-31(2)44-45(47)48(51,6)23-22-46(44,4)34-14-8-7-9-15-34/h7-23,27-31,33,35H,24-26H2,1-6H3. The number of hydrogen-bond acceptors (Lipinski definition) is 1. The highest BCUT2D eigenvalue weighted by molar-refractivity contribution is 6.34. The van der Waals surface area contributed by atoms with Gasteiger partial charge in [0.05, 0.1) is 16.2 Å². The van der Waals surface area contributed by atoms with Crippen LogP contribution in [0.5, 0.6) is 0 Å². The molecule has 5 aliphatic carbocycles. The number of halogens is 1. The normalized spacial score (nSPS) is 35.3. The van der Waals surface area contributed by atoms with Gasteiger partial charge in [-0.15, -0.1) is 0 Å². The Morgan fingerprint density at radius 1 is 0.686 bits per heavy atom. The van der Waals surface area contributed by atoms with E-state index in [9.17, 15) is 0 Å². The lowest BCUT2D eigenvalue weighted by atomic mass is 9.52. The Balaban J connectivity index is 1.26. The van der Waals surface area contributed by atoms with Crippen LogP contribution in [-0.2, 0) is 16.2 Å². The number of allylic oxidation sites excluding steroid dienone is 6. The van der Waals surface area contributed by atoms with E-state index in [2.05, 4.69) is 168 Å². The maximum Gasteiger partial charge on any atom is 0.0834 e. The van der Waals surface area contributed by atoms with Crippen molar-refractivity contribution in [2.75, 3.05) is 4.90 Å². The molecule has 256 valence electrons.